The van der Waals surface area contributed by atoms with Crippen LogP contribution < -0.4 is 10.2 Å². The third-order valence-corrected chi connectivity index (χ3v) is 9.14. The minimum absolute atomic E-state index is 0.0292. The number of hydrogen-bond acceptors (Lipinski definition) is 7. The van der Waals surface area contributed by atoms with Crippen molar-refractivity contribution in [2.45, 2.75) is 131 Å². The van der Waals surface area contributed by atoms with E-state index in [0.29, 0.717) is 18.8 Å². The second kappa shape index (κ2) is 23.3. The standard InChI is InChI=1S/C41H62ClN3O5/c1-7-9-10-11-12-13-14-15-16-17-18-19-20-21-28-50-40(49)32-22-24-36(34(42)30-32)44-39(48)37(38(47)41(4,5)6)43-35-25-23-33(29-31(35)3)45(8-2)26-27-46/h22-25,29-30,46H,7-21,26-28H2,1-6H3,(H,44,48). The van der Waals surface area contributed by atoms with Crippen molar-refractivity contribution in [3.63, 3.8) is 0 Å². The molecule has 2 aromatic rings. The molecule has 0 aromatic heterocycles. The SMILES string of the molecule is CCCCCCCCCCCCCCCCOC(=O)c1ccc(NC(=O)C(=Nc2ccc(N(CC)CCO)cc2C)C(=O)C(C)(C)C)c(Cl)c1. The van der Waals surface area contributed by atoms with Gasteiger partial charge in [0.1, 0.15) is 0 Å². The molecule has 0 bridgehead atoms. The highest BCUT2D eigenvalue weighted by Gasteiger charge is 2.31. The van der Waals surface area contributed by atoms with E-state index in [1.807, 2.05) is 30.9 Å². The summed E-state index contributed by atoms with van der Waals surface area (Å²) in [7, 11) is 0. The van der Waals surface area contributed by atoms with E-state index in [0.717, 1.165) is 37.1 Å². The van der Waals surface area contributed by atoms with E-state index in [2.05, 4.69) is 17.2 Å². The molecule has 2 rings (SSSR count). The largest absolute Gasteiger partial charge is 0.462 e. The van der Waals surface area contributed by atoms with Crippen LogP contribution in [0, 0.1) is 12.3 Å². The summed E-state index contributed by atoms with van der Waals surface area (Å²) in [4.78, 5) is 46.2. The number of esters is 1. The maximum Gasteiger partial charge on any atom is 0.338 e. The van der Waals surface area contributed by atoms with Crippen LogP contribution >= 0.6 is 11.6 Å². The van der Waals surface area contributed by atoms with Gasteiger partial charge in [-0.05, 0) is 62.2 Å². The normalized spacial score (nSPS) is 11.8. The van der Waals surface area contributed by atoms with Gasteiger partial charge in [0.05, 0.1) is 35.2 Å². The Kier molecular flexibility index (Phi) is 20.0. The van der Waals surface area contributed by atoms with Crippen molar-refractivity contribution in [2.24, 2.45) is 10.4 Å². The van der Waals surface area contributed by atoms with Crippen molar-refractivity contribution in [1.82, 2.24) is 0 Å². The van der Waals surface area contributed by atoms with Crippen LogP contribution in [0.5, 0.6) is 0 Å². The number of ether oxygens (including phenoxy) is 1. The number of hydrogen-bond donors (Lipinski definition) is 2. The van der Waals surface area contributed by atoms with Crippen molar-refractivity contribution in [2.75, 3.05) is 36.5 Å². The van der Waals surface area contributed by atoms with Crippen LogP contribution in [0.3, 0.4) is 0 Å². The second-order valence-corrected chi connectivity index (χ2v) is 14.6. The van der Waals surface area contributed by atoms with E-state index in [-0.39, 0.29) is 28.6 Å². The van der Waals surface area contributed by atoms with E-state index >= 15 is 0 Å². The summed E-state index contributed by atoms with van der Waals surface area (Å²) in [6, 6.07) is 10.1. The third-order valence-electron chi connectivity index (χ3n) is 8.82. The molecule has 0 atom stereocenters. The summed E-state index contributed by atoms with van der Waals surface area (Å²) in [5.74, 6) is -1.59. The van der Waals surface area contributed by atoms with Gasteiger partial charge in [0.25, 0.3) is 5.91 Å². The number of benzene rings is 2. The highest BCUT2D eigenvalue weighted by Crippen LogP contribution is 2.28. The summed E-state index contributed by atoms with van der Waals surface area (Å²) in [6.45, 7) is 12.9. The van der Waals surface area contributed by atoms with E-state index < -0.39 is 23.1 Å². The Morgan fingerprint density at radius 2 is 1.42 bits per heavy atom. The number of amides is 1. The van der Waals surface area contributed by atoms with Crippen LogP contribution in [0.2, 0.25) is 5.02 Å². The molecule has 278 valence electrons. The summed E-state index contributed by atoms with van der Waals surface area (Å²) in [6.07, 6.45) is 17.7. The van der Waals surface area contributed by atoms with Gasteiger partial charge in [0, 0.05) is 24.2 Å². The Labute approximate surface area is 306 Å². The van der Waals surface area contributed by atoms with Gasteiger partial charge in [-0.3, -0.25) is 9.59 Å². The zero-order chi connectivity index (χ0) is 36.9. The highest BCUT2D eigenvalue weighted by atomic mass is 35.5. The summed E-state index contributed by atoms with van der Waals surface area (Å²) < 4.78 is 5.48. The Balaban J connectivity index is 1.90. The fourth-order valence-corrected chi connectivity index (χ4v) is 5.93. The summed E-state index contributed by atoms with van der Waals surface area (Å²) in [5, 5.41) is 12.3. The molecule has 0 unspecified atom stereocenters. The quantitative estimate of drug-likeness (QED) is 0.0486. The number of nitrogens with one attached hydrogen (secondary N) is 1. The number of carbonyl (C=O) groups is 3. The lowest BCUT2D eigenvalue weighted by Gasteiger charge is -2.23. The maximum absolute atomic E-state index is 13.5. The number of aliphatic hydroxyl groups is 1. The lowest BCUT2D eigenvalue weighted by atomic mass is 9.87. The number of ketones is 1. The molecule has 0 fully saturated rings. The molecule has 9 heteroatoms. The molecule has 8 nitrogen and oxygen atoms in total. The predicted molar refractivity (Wildman–Crippen MR) is 208 cm³/mol. The van der Waals surface area contributed by atoms with Crippen molar-refractivity contribution in [3.05, 3.63) is 52.5 Å². The first-order valence-corrected chi connectivity index (χ1v) is 19.2. The number of aliphatic imine (C=N–C) groups is 1. The molecule has 0 saturated carbocycles. The average molecular weight is 712 g/mol. The van der Waals surface area contributed by atoms with Crippen molar-refractivity contribution in [3.8, 4) is 0 Å². The van der Waals surface area contributed by atoms with Gasteiger partial charge in [-0.25, -0.2) is 9.79 Å². The monoisotopic (exact) mass is 711 g/mol. The van der Waals surface area contributed by atoms with Gasteiger partial charge in [0.15, 0.2) is 11.5 Å². The molecule has 0 aliphatic rings. The van der Waals surface area contributed by atoms with Crippen LogP contribution in [-0.4, -0.2) is 54.8 Å². The molecular weight excluding hydrogens is 650 g/mol. The predicted octanol–water partition coefficient (Wildman–Crippen LogP) is 10.4. The lowest BCUT2D eigenvalue weighted by molar-refractivity contribution is -0.121. The topological polar surface area (TPSA) is 108 Å². The smallest absolute Gasteiger partial charge is 0.338 e. The molecule has 0 saturated heterocycles. The number of halogens is 1. The van der Waals surface area contributed by atoms with E-state index in [1.54, 1.807) is 32.9 Å². The number of likely N-dealkylation sites (N-methyl/N-ethyl adjacent to an activating group) is 1. The third kappa shape index (κ3) is 15.3. The number of aliphatic hydroxyl groups excluding tert-OH is 1. The number of nitrogens with zero attached hydrogens (tertiary/aromatic N) is 2. The Morgan fingerprint density at radius 1 is 0.840 bits per heavy atom. The number of rotatable bonds is 24. The average Bonchev–Trinajstić information content (AvgIpc) is 3.08. The maximum atomic E-state index is 13.5. The van der Waals surface area contributed by atoms with Gasteiger partial charge in [-0.2, -0.15) is 0 Å². The minimum Gasteiger partial charge on any atom is -0.462 e. The number of anilines is 2. The molecule has 2 aromatic carbocycles. The molecule has 50 heavy (non-hydrogen) atoms. The zero-order valence-corrected chi connectivity index (χ0v) is 32.3. The van der Waals surface area contributed by atoms with Crippen LogP contribution in [0.15, 0.2) is 41.4 Å². The Morgan fingerprint density at radius 3 is 1.92 bits per heavy atom. The van der Waals surface area contributed by atoms with Crippen molar-refractivity contribution in [1.29, 1.82) is 0 Å². The zero-order valence-electron chi connectivity index (χ0n) is 31.5. The lowest BCUT2D eigenvalue weighted by Crippen LogP contribution is -2.37. The van der Waals surface area contributed by atoms with Crippen LogP contribution in [0.4, 0.5) is 17.1 Å². The minimum atomic E-state index is -0.867. The van der Waals surface area contributed by atoms with Crippen LogP contribution in [0.25, 0.3) is 0 Å². The van der Waals surface area contributed by atoms with E-state index in [1.165, 1.54) is 82.8 Å². The summed E-state index contributed by atoms with van der Waals surface area (Å²) in [5.41, 5.74) is 1.61. The molecule has 2 N–H and O–H groups in total. The van der Waals surface area contributed by atoms with Gasteiger partial charge in [-0.1, -0.05) is 123 Å². The first kappa shape index (κ1) is 42.9. The van der Waals surface area contributed by atoms with Crippen LogP contribution in [0.1, 0.15) is 140 Å². The van der Waals surface area contributed by atoms with Gasteiger partial charge < -0.3 is 20.1 Å². The Hall–Kier alpha value is -3.23. The Bertz CT molecular complexity index is 1380. The molecular formula is C41H62ClN3O5. The van der Waals surface area contributed by atoms with Crippen LogP contribution in [-0.2, 0) is 14.3 Å². The first-order valence-electron chi connectivity index (χ1n) is 18.8. The van der Waals surface area contributed by atoms with E-state index in [4.69, 9.17) is 16.3 Å². The van der Waals surface area contributed by atoms with Gasteiger partial charge in [-0.15, -0.1) is 0 Å². The number of aryl methyl sites for hydroxylation is 1. The molecule has 0 aliphatic carbocycles. The van der Waals surface area contributed by atoms with E-state index in [9.17, 15) is 19.5 Å². The fourth-order valence-electron chi connectivity index (χ4n) is 5.70. The first-order chi connectivity index (χ1) is 23.9. The number of unbranched alkanes of at least 4 members (excludes halogenated alkanes) is 13. The molecule has 0 spiro atoms. The van der Waals surface area contributed by atoms with Gasteiger partial charge >= 0.3 is 5.97 Å². The molecule has 1 amide bonds. The molecule has 0 heterocycles. The van der Waals surface area contributed by atoms with Crippen molar-refractivity contribution >= 4 is 52.0 Å². The highest BCUT2D eigenvalue weighted by molar-refractivity contribution is 6.68. The fraction of sp³-hybridized carbons (Fsp3) is 0.610. The molecule has 0 radical (unpaired) electrons. The molecule has 0 aliphatic heterocycles. The van der Waals surface area contributed by atoms with Crippen molar-refractivity contribution < 1.29 is 24.2 Å². The summed E-state index contributed by atoms with van der Waals surface area (Å²) >= 11 is 6.49. The van der Waals surface area contributed by atoms with Gasteiger partial charge in [0.2, 0.25) is 0 Å². The number of Topliss-reactive ketones (excluding diaryl/α,β-unsaturated/α-hetero) is 1. The number of carbonyl (C=O) groups excluding carboxylic acids is 3. The second-order valence-electron chi connectivity index (χ2n) is 14.2.